The van der Waals surface area contributed by atoms with Crippen molar-refractivity contribution in [3.8, 4) is 0 Å². The second-order valence-corrected chi connectivity index (χ2v) is 5.99. The second kappa shape index (κ2) is 5.84. The number of benzene rings is 1. The first-order chi connectivity index (χ1) is 9.11. The van der Waals surface area contributed by atoms with Gasteiger partial charge >= 0.3 is 0 Å². The normalized spacial score (nSPS) is 11.8. The number of hydrogen-bond donors (Lipinski definition) is 1. The van der Waals surface area contributed by atoms with Crippen molar-refractivity contribution in [2.45, 2.75) is 31.7 Å². The number of carbonyl (C=O) groups is 1. The molecule has 1 aromatic carbocycles. The Morgan fingerprint density at radius 2 is 1.90 bits per heavy atom. The Bertz CT molecular complexity index is 630. The van der Waals surface area contributed by atoms with Crippen LogP contribution in [-0.4, -0.2) is 31.8 Å². The molecule has 0 aliphatic carbocycles. The fourth-order valence-electron chi connectivity index (χ4n) is 1.84. The molecule has 0 aromatic heterocycles. The van der Waals surface area contributed by atoms with Crippen molar-refractivity contribution in [3.05, 3.63) is 29.3 Å². The van der Waals surface area contributed by atoms with E-state index in [-0.39, 0.29) is 12.6 Å². The number of carbonyl (C=O) groups excluding carboxylic acids is 1. The molecule has 0 heterocycles. The van der Waals surface area contributed by atoms with E-state index in [1.807, 2.05) is 0 Å². The molecule has 0 radical (unpaired) electrons. The maximum atomic E-state index is 14.1. The first-order valence-corrected chi connectivity index (χ1v) is 7.47. The first-order valence-electron chi connectivity index (χ1n) is 5.93. The van der Waals surface area contributed by atoms with Gasteiger partial charge in [-0.2, -0.15) is 0 Å². The van der Waals surface area contributed by atoms with Gasteiger partial charge < -0.3 is 4.90 Å². The lowest BCUT2D eigenvalue weighted by Gasteiger charge is -2.25. The average Bonchev–Trinajstić information content (AvgIpc) is 2.27. The Morgan fingerprint density at radius 1 is 1.35 bits per heavy atom. The van der Waals surface area contributed by atoms with Gasteiger partial charge in [0.25, 0.3) is 5.91 Å². The van der Waals surface area contributed by atoms with Crippen molar-refractivity contribution >= 4 is 15.9 Å². The summed E-state index contributed by atoms with van der Waals surface area (Å²) in [7, 11) is -4.37. The quantitative estimate of drug-likeness (QED) is 0.915. The Labute approximate surface area is 116 Å². The number of rotatable bonds is 4. The second-order valence-electron chi connectivity index (χ2n) is 4.46. The van der Waals surface area contributed by atoms with Crippen LogP contribution in [0.1, 0.15) is 31.1 Å². The lowest BCUT2D eigenvalue weighted by Crippen LogP contribution is -2.38. The molecule has 0 spiro atoms. The van der Waals surface area contributed by atoms with Crippen LogP contribution in [0.5, 0.6) is 0 Å². The highest BCUT2D eigenvalue weighted by molar-refractivity contribution is 7.89. The summed E-state index contributed by atoms with van der Waals surface area (Å²) in [5.74, 6) is -3.50. The molecule has 5 nitrogen and oxygen atoms in total. The SMILES string of the molecule is CCN(C(=O)c1c(F)ccc(S(N)(=O)=O)c1F)C(C)C. The third-order valence-electron chi connectivity index (χ3n) is 2.80. The van der Waals surface area contributed by atoms with Gasteiger partial charge in [0.1, 0.15) is 16.3 Å². The predicted molar refractivity (Wildman–Crippen MR) is 69.6 cm³/mol. The van der Waals surface area contributed by atoms with E-state index >= 15 is 0 Å². The van der Waals surface area contributed by atoms with Crippen molar-refractivity contribution in [1.29, 1.82) is 0 Å². The van der Waals surface area contributed by atoms with Crippen molar-refractivity contribution < 1.29 is 22.0 Å². The highest BCUT2D eigenvalue weighted by Gasteiger charge is 2.28. The molecule has 1 rings (SSSR count). The van der Waals surface area contributed by atoms with Crippen LogP contribution in [0.15, 0.2) is 17.0 Å². The summed E-state index contributed by atoms with van der Waals surface area (Å²) in [4.78, 5) is 12.5. The molecule has 112 valence electrons. The van der Waals surface area contributed by atoms with Crippen LogP contribution in [0, 0.1) is 11.6 Å². The number of amides is 1. The Morgan fingerprint density at radius 3 is 2.30 bits per heavy atom. The molecule has 0 bridgehead atoms. The van der Waals surface area contributed by atoms with Gasteiger partial charge in [-0.05, 0) is 32.9 Å². The smallest absolute Gasteiger partial charge is 0.260 e. The number of sulfonamides is 1. The third-order valence-corrected chi connectivity index (χ3v) is 3.73. The fourth-order valence-corrected chi connectivity index (χ4v) is 2.45. The van der Waals surface area contributed by atoms with Gasteiger partial charge in [0.2, 0.25) is 10.0 Å². The number of nitrogens with two attached hydrogens (primary N) is 1. The molecule has 1 amide bonds. The molecule has 20 heavy (non-hydrogen) atoms. The molecule has 8 heteroatoms. The minimum atomic E-state index is -4.37. The van der Waals surface area contributed by atoms with Gasteiger partial charge in [-0.25, -0.2) is 22.3 Å². The minimum Gasteiger partial charge on any atom is -0.336 e. The van der Waals surface area contributed by atoms with Crippen LogP contribution in [-0.2, 0) is 10.0 Å². The monoisotopic (exact) mass is 306 g/mol. The highest BCUT2D eigenvalue weighted by Crippen LogP contribution is 2.22. The summed E-state index contributed by atoms with van der Waals surface area (Å²) in [6.45, 7) is 5.24. The number of nitrogens with zero attached hydrogens (tertiary/aromatic N) is 1. The van der Waals surface area contributed by atoms with Gasteiger partial charge in [0.05, 0.1) is 0 Å². The standard InChI is InChI=1S/C12H16F2N2O3S/c1-4-16(7(2)3)12(17)10-8(13)5-6-9(11(10)14)20(15,18)19/h5-7H,4H2,1-3H3,(H2,15,18,19). The summed E-state index contributed by atoms with van der Waals surface area (Å²) in [5, 5.41) is 4.83. The Kier molecular flexibility index (Phi) is 4.82. The van der Waals surface area contributed by atoms with E-state index in [1.54, 1.807) is 20.8 Å². The molecular weight excluding hydrogens is 290 g/mol. The fraction of sp³-hybridized carbons (Fsp3) is 0.417. The molecule has 1 aromatic rings. The molecule has 0 fully saturated rings. The highest BCUT2D eigenvalue weighted by atomic mass is 32.2. The van der Waals surface area contributed by atoms with Crippen molar-refractivity contribution in [2.75, 3.05) is 6.54 Å². The van der Waals surface area contributed by atoms with E-state index in [0.29, 0.717) is 12.1 Å². The van der Waals surface area contributed by atoms with E-state index in [9.17, 15) is 22.0 Å². The molecule has 0 aliphatic rings. The molecule has 0 atom stereocenters. The third kappa shape index (κ3) is 3.13. The zero-order valence-electron chi connectivity index (χ0n) is 11.4. The first kappa shape index (κ1) is 16.5. The van der Waals surface area contributed by atoms with E-state index in [1.165, 1.54) is 4.90 Å². The van der Waals surface area contributed by atoms with Crippen LogP contribution >= 0.6 is 0 Å². The van der Waals surface area contributed by atoms with Crippen LogP contribution in [0.4, 0.5) is 8.78 Å². The topological polar surface area (TPSA) is 80.5 Å². The lowest BCUT2D eigenvalue weighted by atomic mass is 10.1. The maximum Gasteiger partial charge on any atom is 0.260 e. The van der Waals surface area contributed by atoms with E-state index < -0.39 is 38.0 Å². The van der Waals surface area contributed by atoms with Gasteiger partial charge in [-0.3, -0.25) is 4.79 Å². The minimum absolute atomic E-state index is 0.231. The average molecular weight is 306 g/mol. The summed E-state index contributed by atoms with van der Waals surface area (Å²) >= 11 is 0. The number of primary sulfonamides is 1. The van der Waals surface area contributed by atoms with Gasteiger partial charge in [-0.1, -0.05) is 0 Å². The lowest BCUT2D eigenvalue weighted by molar-refractivity contribution is 0.0706. The Balaban J connectivity index is 3.49. The summed E-state index contributed by atoms with van der Waals surface area (Å²) in [5.41, 5.74) is -0.910. The molecular formula is C12H16F2N2O3S. The molecule has 0 aliphatic heterocycles. The van der Waals surface area contributed by atoms with Crippen molar-refractivity contribution in [2.24, 2.45) is 5.14 Å². The van der Waals surface area contributed by atoms with E-state index in [4.69, 9.17) is 5.14 Å². The summed E-state index contributed by atoms with van der Waals surface area (Å²) < 4.78 is 50.2. The molecule has 0 saturated carbocycles. The largest absolute Gasteiger partial charge is 0.336 e. The van der Waals surface area contributed by atoms with Gasteiger partial charge in [0, 0.05) is 12.6 Å². The van der Waals surface area contributed by atoms with Crippen LogP contribution in [0.2, 0.25) is 0 Å². The van der Waals surface area contributed by atoms with Gasteiger partial charge in [-0.15, -0.1) is 0 Å². The van der Waals surface area contributed by atoms with Gasteiger partial charge in [0.15, 0.2) is 5.82 Å². The van der Waals surface area contributed by atoms with E-state index in [0.717, 1.165) is 0 Å². The van der Waals surface area contributed by atoms with Crippen molar-refractivity contribution in [3.63, 3.8) is 0 Å². The molecule has 0 unspecified atom stereocenters. The zero-order chi connectivity index (χ0) is 15.7. The molecule has 0 saturated heterocycles. The Hall–Kier alpha value is -1.54. The summed E-state index contributed by atoms with van der Waals surface area (Å²) in [6.07, 6.45) is 0. The van der Waals surface area contributed by atoms with Crippen molar-refractivity contribution in [1.82, 2.24) is 4.90 Å². The number of halogens is 2. The predicted octanol–water partition coefficient (Wildman–Crippen LogP) is 1.48. The number of hydrogen-bond acceptors (Lipinski definition) is 3. The zero-order valence-corrected chi connectivity index (χ0v) is 12.2. The van der Waals surface area contributed by atoms with E-state index in [2.05, 4.69) is 0 Å². The summed E-state index contributed by atoms with van der Waals surface area (Å²) in [6, 6.07) is 1.12. The molecule has 2 N–H and O–H groups in total. The maximum absolute atomic E-state index is 14.1. The van der Waals surface area contributed by atoms with Crippen LogP contribution < -0.4 is 5.14 Å². The van der Waals surface area contributed by atoms with Crippen LogP contribution in [0.25, 0.3) is 0 Å². The van der Waals surface area contributed by atoms with Crippen LogP contribution in [0.3, 0.4) is 0 Å².